The van der Waals surface area contributed by atoms with Gasteiger partial charge in [0, 0.05) is 46.2 Å². The Morgan fingerprint density at radius 2 is 1.24 bits per heavy atom. The van der Waals surface area contributed by atoms with E-state index in [0.717, 1.165) is 9.80 Å². The van der Waals surface area contributed by atoms with E-state index < -0.39 is 29.7 Å². The van der Waals surface area contributed by atoms with Gasteiger partial charge in [0.05, 0.1) is 12.6 Å². The Morgan fingerprint density at radius 3 is 1.62 bits per heavy atom. The Labute approximate surface area is 166 Å². The van der Waals surface area contributed by atoms with E-state index >= 15 is 0 Å². The van der Waals surface area contributed by atoms with E-state index in [-0.39, 0.29) is 48.4 Å². The van der Waals surface area contributed by atoms with Crippen molar-refractivity contribution in [3.05, 3.63) is 46.5 Å². The lowest BCUT2D eigenvalue weighted by Gasteiger charge is -2.34. The summed E-state index contributed by atoms with van der Waals surface area (Å²) in [5, 5.41) is 19.3. The van der Waals surface area contributed by atoms with Crippen molar-refractivity contribution < 1.29 is 29.4 Å². The Morgan fingerprint density at radius 1 is 0.793 bits per heavy atom. The zero-order chi connectivity index (χ0) is 20.9. The molecule has 150 valence electrons. The van der Waals surface area contributed by atoms with Gasteiger partial charge in [-0.15, -0.1) is 0 Å². The second-order valence-corrected chi connectivity index (χ2v) is 7.14. The molecule has 8 nitrogen and oxygen atoms in total. The molecule has 1 unspecified atom stereocenters. The number of amides is 4. The van der Waals surface area contributed by atoms with Gasteiger partial charge in [0.2, 0.25) is 0 Å². The monoisotopic (exact) mass is 396 g/mol. The molecular weight excluding hydrogens is 376 g/mol. The fraction of sp³-hybridized carbons (Fsp3) is 0.333. The highest BCUT2D eigenvalue weighted by molar-refractivity contribution is 6.33. The van der Waals surface area contributed by atoms with Crippen LogP contribution in [0.15, 0.2) is 24.3 Å². The van der Waals surface area contributed by atoms with Crippen LogP contribution in [0.5, 0.6) is 0 Å². The molecule has 8 heteroatoms. The van der Waals surface area contributed by atoms with Crippen molar-refractivity contribution in [3.63, 3.8) is 0 Å². The molecule has 2 aromatic rings. The minimum Gasteiger partial charge on any atom is -0.396 e. The van der Waals surface area contributed by atoms with Crippen LogP contribution in [0.25, 0.3) is 10.8 Å². The molecule has 2 N–H and O–H groups in total. The Bertz CT molecular complexity index is 1000. The normalized spacial score (nSPS) is 16.8. The van der Waals surface area contributed by atoms with Gasteiger partial charge in [-0.2, -0.15) is 0 Å². The number of benzene rings is 2. The Kier molecular flexibility index (Phi) is 4.68. The predicted octanol–water partition coefficient (Wildman–Crippen LogP) is 1.19. The second kappa shape index (κ2) is 7.06. The number of hydrogen-bond acceptors (Lipinski definition) is 6. The van der Waals surface area contributed by atoms with E-state index in [2.05, 4.69) is 0 Å². The third-order valence-corrected chi connectivity index (χ3v) is 5.60. The molecule has 2 heterocycles. The SMILES string of the molecule is CCC(CO)N1C(=O)c2ccc3c4c(ccc(c24)C1=O)C(=O)N(CCCO)C3=O. The van der Waals surface area contributed by atoms with Crippen LogP contribution in [-0.4, -0.2) is 69.4 Å². The van der Waals surface area contributed by atoms with Crippen LogP contribution >= 0.6 is 0 Å². The van der Waals surface area contributed by atoms with Crippen LogP contribution in [0.2, 0.25) is 0 Å². The third kappa shape index (κ3) is 2.60. The molecule has 0 radical (unpaired) electrons. The van der Waals surface area contributed by atoms with Crippen molar-refractivity contribution in [2.24, 2.45) is 0 Å². The summed E-state index contributed by atoms with van der Waals surface area (Å²) in [6, 6.07) is 5.33. The first kappa shape index (κ1) is 19.2. The lowest BCUT2D eigenvalue weighted by atomic mass is 9.85. The fourth-order valence-corrected chi connectivity index (χ4v) is 4.10. The average molecular weight is 396 g/mol. The predicted molar refractivity (Wildman–Crippen MR) is 103 cm³/mol. The minimum absolute atomic E-state index is 0.0823. The number of imide groups is 2. The number of carbonyl (C=O) groups excluding carboxylic acids is 4. The summed E-state index contributed by atoms with van der Waals surface area (Å²) in [7, 11) is 0. The van der Waals surface area contributed by atoms with E-state index in [0.29, 0.717) is 17.2 Å². The summed E-state index contributed by atoms with van der Waals surface area (Å²) < 4.78 is 0. The highest BCUT2D eigenvalue weighted by atomic mass is 16.3. The highest BCUT2D eigenvalue weighted by Crippen LogP contribution is 2.38. The van der Waals surface area contributed by atoms with Crippen LogP contribution in [0.1, 0.15) is 61.2 Å². The van der Waals surface area contributed by atoms with Crippen molar-refractivity contribution in [2.75, 3.05) is 19.8 Å². The van der Waals surface area contributed by atoms with E-state index in [1.807, 2.05) is 0 Å². The Hall–Kier alpha value is -3.10. The molecule has 0 bridgehead atoms. The molecule has 0 saturated heterocycles. The van der Waals surface area contributed by atoms with Crippen LogP contribution in [-0.2, 0) is 0 Å². The Balaban J connectivity index is 1.94. The van der Waals surface area contributed by atoms with Crippen LogP contribution in [0, 0.1) is 0 Å². The molecule has 0 spiro atoms. The largest absolute Gasteiger partial charge is 0.396 e. The van der Waals surface area contributed by atoms with Gasteiger partial charge in [-0.25, -0.2) is 0 Å². The van der Waals surface area contributed by atoms with E-state index in [4.69, 9.17) is 5.11 Å². The van der Waals surface area contributed by atoms with Gasteiger partial charge in [0.25, 0.3) is 23.6 Å². The number of aliphatic hydroxyl groups excluding tert-OH is 2. The van der Waals surface area contributed by atoms with Crippen molar-refractivity contribution >= 4 is 34.4 Å². The fourth-order valence-electron chi connectivity index (χ4n) is 4.10. The zero-order valence-electron chi connectivity index (χ0n) is 15.8. The molecule has 29 heavy (non-hydrogen) atoms. The maximum Gasteiger partial charge on any atom is 0.261 e. The smallest absolute Gasteiger partial charge is 0.261 e. The number of aliphatic hydroxyl groups is 2. The summed E-state index contributed by atoms with van der Waals surface area (Å²) in [6.45, 7) is 1.35. The van der Waals surface area contributed by atoms with E-state index in [1.54, 1.807) is 6.92 Å². The highest BCUT2D eigenvalue weighted by Gasteiger charge is 2.41. The maximum atomic E-state index is 13.1. The summed E-state index contributed by atoms with van der Waals surface area (Å²) >= 11 is 0. The number of rotatable bonds is 6. The third-order valence-electron chi connectivity index (χ3n) is 5.60. The summed E-state index contributed by atoms with van der Waals surface area (Å²) in [5.41, 5.74) is 0.968. The van der Waals surface area contributed by atoms with Gasteiger partial charge < -0.3 is 10.2 Å². The first-order valence-electron chi connectivity index (χ1n) is 9.51. The van der Waals surface area contributed by atoms with Crippen molar-refractivity contribution in [3.8, 4) is 0 Å². The lowest BCUT2D eigenvalue weighted by molar-refractivity contribution is 0.0463. The molecule has 1 atom stereocenters. The van der Waals surface area contributed by atoms with Gasteiger partial charge in [0.1, 0.15) is 0 Å². The molecule has 0 aliphatic carbocycles. The number of nitrogens with zero attached hydrogens (tertiary/aromatic N) is 2. The minimum atomic E-state index is -0.650. The average Bonchev–Trinajstić information content (AvgIpc) is 2.73. The number of carbonyl (C=O) groups is 4. The topological polar surface area (TPSA) is 115 Å². The van der Waals surface area contributed by atoms with Gasteiger partial charge in [-0.1, -0.05) is 6.92 Å². The van der Waals surface area contributed by atoms with Gasteiger partial charge in [0.15, 0.2) is 0 Å². The van der Waals surface area contributed by atoms with Gasteiger partial charge >= 0.3 is 0 Å². The molecule has 0 fully saturated rings. The van der Waals surface area contributed by atoms with Crippen molar-refractivity contribution in [1.82, 2.24) is 9.80 Å². The summed E-state index contributed by atoms with van der Waals surface area (Å²) in [4.78, 5) is 54.0. The molecule has 2 aliphatic rings. The molecule has 0 saturated carbocycles. The standard InChI is InChI=1S/C21H20N2O6/c1-2-11(10-25)23-20(28)14-6-4-12-16-13(5-7-15(17(14)16)21(23)29)19(27)22(18(12)26)8-3-9-24/h4-7,11,24-25H,2-3,8-10H2,1H3. The molecule has 0 aromatic heterocycles. The van der Waals surface area contributed by atoms with Crippen molar-refractivity contribution in [1.29, 1.82) is 0 Å². The van der Waals surface area contributed by atoms with E-state index in [9.17, 15) is 24.3 Å². The van der Waals surface area contributed by atoms with Crippen molar-refractivity contribution in [2.45, 2.75) is 25.8 Å². The van der Waals surface area contributed by atoms with Crippen LogP contribution in [0.3, 0.4) is 0 Å². The first-order valence-corrected chi connectivity index (χ1v) is 9.51. The summed E-state index contributed by atoms with van der Waals surface area (Å²) in [6.07, 6.45) is 0.664. The van der Waals surface area contributed by atoms with Crippen LogP contribution in [0.4, 0.5) is 0 Å². The molecule has 4 amide bonds. The first-order chi connectivity index (χ1) is 14.0. The zero-order valence-corrected chi connectivity index (χ0v) is 15.8. The molecule has 4 rings (SSSR count). The van der Waals surface area contributed by atoms with Gasteiger partial charge in [-0.05, 0) is 37.1 Å². The van der Waals surface area contributed by atoms with Crippen LogP contribution < -0.4 is 0 Å². The number of hydrogen-bond donors (Lipinski definition) is 2. The lowest BCUT2D eigenvalue weighted by Crippen LogP contribution is -2.49. The second-order valence-electron chi connectivity index (χ2n) is 7.14. The molecule has 2 aromatic carbocycles. The van der Waals surface area contributed by atoms with E-state index in [1.165, 1.54) is 24.3 Å². The molecular formula is C21H20N2O6. The summed E-state index contributed by atoms with van der Waals surface area (Å²) in [5.74, 6) is -2.11. The van der Waals surface area contributed by atoms with Gasteiger partial charge in [-0.3, -0.25) is 29.0 Å². The quantitative estimate of drug-likeness (QED) is 0.709. The molecule has 2 aliphatic heterocycles. The maximum absolute atomic E-state index is 13.1.